The number of carbonyl (C=O) groups is 3. The van der Waals surface area contributed by atoms with Crippen LogP contribution in [0, 0.1) is 0 Å². The lowest BCUT2D eigenvalue weighted by atomic mass is 9.93. The van der Waals surface area contributed by atoms with Gasteiger partial charge in [0.05, 0.1) is 5.56 Å². The third kappa shape index (κ3) is 1.31. The number of nitrogens with zero attached hydrogens (tertiary/aromatic N) is 2. The molecule has 2 aromatic heterocycles. The van der Waals surface area contributed by atoms with E-state index in [1.807, 2.05) is 0 Å². The van der Waals surface area contributed by atoms with E-state index in [4.69, 9.17) is 5.11 Å². The number of aromatic nitrogens is 2. The summed E-state index contributed by atoms with van der Waals surface area (Å²) in [7, 11) is 0. The molecule has 1 aliphatic rings. The number of aromatic carboxylic acids is 1. The number of rotatable bonds is 1. The third-order valence-electron chi connectivity index (χ3n) is 2.54. The minimum Gasteiger partial charge on any atom is -0.476 e. The minimum atomic E-state index is -1.25. The molecule has 2 aromatic rings. The van der Waals surface area contributed by atoms with Crippen LogP contribution in [0.2, 0.25) is 0 Å². The molecule has 7 heteroatoms. The topological polar surface area (TPSA) is 97.2 Å². The van der Waals surface area contributed by atoms with Gasteiger partial charge in [-0.25, -0.2) is 9.78 Å². The number of hydrogen-bond donors (Lipinski definition) is 1. The molecule has 0 aromatic carbocycles. The van der Waals surface area contributed by atoms with Gasteiger partial charge in [0.2, 0.25) is 16.6 Å². The van der Waals surface area contributed by atoms with Gasteiger partial charge in [0.15, 0.2) is 0 Å². The quantitative estimate of drug-likeness (QED) is 0.701. The van der Waals surface area contributed by atoms with Crippen molar-refractivity contribution in [2.75, 3.05) is 0 Å². The normalized spacial score (nSPS) is 13.1. The van der Waals surface area contributed by atoms with Crippen molar-refractivity contribution in [2.24, 2.45) is 0 Å². The molecule has 0 spiro atoms. The van der Waals surface area contributed by atoms with E-state index in [9.17, 15) is 14.4 Å². The summed E-state index contributed by atoms with van der Waals surface area (Å²) in [6.45, 7) is 0. The highest BCUT2D eigenvalue weighted by Crippen LogP contribution is 2.30. The second-order valence-corrected chi connectivity index (χ2v) is 4.58. The molecular weight excluding hydrogens is 256 g/mol. The Hall–Kier alpha value is -2.41. The van der Waals surface area contributed by atoms with E-state index in [1.165, 1.54) is 18.5 Å². The highest BCUT2D eigenvalue weighted by atomic mass is 32.1. The average Bonchev–Trinajstić information content (AvgIpc) is 2.81. The number of ketones is 2. The second kappa shape index (κ2) is 3.54. The van der Waals surface area contributed by atoms with Crippen LogP contribution in [-0.2, 0) is 0 Å². The van der Waals surface area contributed by atoms with Crippen molar-refractivity contribution in [1.29, 1.82) is 0 Å². The Morgan fingerprint density at radius 3 is 2.72 bits per heavy atom. The molecule has 0 saturated heterocycles. The number of pyridine rings is 1. The Bertz CT molecular complexity index is 667. The lowest BCUT2D eigenvalue weighted by Gasteiger charge is -2.11. The van der Waals surface area contributed by atoms with E-state index < -0.39 is 11.8 Å². The highest BCUT2D eigenvalue weighted by Gasteiger charge is 2.34. The molecule has 1 N–H and O–H groups in total. The van der Waals surface area contributed by atoms with Gasteiger partial charge in [-0.2, -0.15) is 0 Å². The van der Waals surface area contributed by atoms with Gasteiger partial charge in [-0.05, 0) is 6.07 Å². The van der Waals surface area contributed by atoms with Crippen molar-refractivity contribution in [1.82, 2.24) is 9.97 Å². The lowest BCUT2D eigenvalue weighted by Crippen LogP contribution is -2.19. The SMILES string of the molecule is O=C(O)c1nc2c(s1)C(=O)c1ccncc1C2=O. The van der Waals surface area contributed by atoms with Crippen molar-refractivity contribution in [3.8, 4) is 0 Å². The van der Waals surface area contributed by atoms with Gasteiger partial charge in [-0.1, -0.05) is 0 Å². The van der Waals surface area contributed by atoms with Crippen LogP contribution < -0.4 is 0 Å². The predicted octanol–water partition coefficient (Wildman–Crippen LogP) is 1.01. The van der Waals surface area contributed by atoms with E-state index in [0.717, 1.165) is 11.3 Å². The molecular formula is C11H4N2O4S. The summed E-state index contributed by atoms with van der Waals surface area (Å²) < 4.78 is 0. The van der Waals surface area contributed by atoms with E-state index in [2.05, 4.69) is 9.97 Å². The maximum atomic E-state index is 12.1. The zero-order valence-electron chi connectivity index (χ0n) is 8.71. The number of thiazole rings is 1. The first kappa shape index (κ1) is 10.7. The first-order valence-corrected chi connectivity index (χ1v) is 5.69. The van der Waals surface area contributed by atoms with E-state index in [-0.39, 0.29) is 32.5 Å². The Morgan fingerprint density at radius 2 is 2.00 bits per heavy atom. The number of carbonyl (C=O) groups excluding carboxylic acids is 2. The Kier molecular flexibility index (Phi) is 2.11. The van der Waals surface area contributed by atoms with Crippen LogP contribution in [0.5, 0.6) is 0 Å². The van der Waals surface area contributed by atoms with Crippen molar-refractivity contribution in [3.05, 3.63) is 45.2 Å². The van der Waals surface area contributed by atoms with E-state index in [1.54, 1.807) is 0 Å². The molecule has 2 heterocycles. The van der Waals surface area contributed by atoms with Crippen LogP contribution in [0.25, 0.3) is 0 Å². The second-order valence-electron chi connectivity index (χ2n) is 3.58. The first-order valence-electron chi connectivity index (χ1n) is 4.87. The molecule has 0 radical (unpaired) electrons. The third-order valence-corrected chi connectivity index (χ3v) is 3.58. The van der Waals surface area contributed by atoms with Gasteiger partial charge in [0.25, 0.3) is 0 Å². The number of hydrogen-bond acceptors (Lipinski definition) is 6. The van der Waals surface area contributed by atoms with Crippen molar-refractivity contribution >= 4 is 28.9 Å². The zero-order valence-corrected chi connectivity index (χ0v) is 9.52. The molecule has 18 heavy (non-hydrogen) atoms. The first-order chi connectivity index (χ1) is 8.59. The predicted molar refractivity (Wildman–Crippen MR) is 60.2 cm³/mol. The summed E-state index contributed by atoms with van der Waals surface area (Å²) in [5.74, 6) is -2.10. The molecule has 0 atom stereocenters. The van der Waals surface area contributed by atoms with Crippen LogP contribution in [0.3, 0.4) is 0 Å². The molecule has 0 fully saturated rings. The summed E-state index contributed by atoms with van der Waals surface area (Å²) in [6, 6.07) is 1.44. The van der Waals surface area contributed by atoms with Gasteiger partial charge in [-0.15, -0.1) is 11.3 Å². The summed E-state index contributed by atoms with van der Waals surface area (Å²) in [6.07, 6.45) is 2.70. The molecule has 6 nitrogen and oxygen atoms in total. The maximum absolute atomic E-state index is 12.1. The zero-order chi connectivity index (χ0) is 12.9. The lowest BCUT2D eigenvalue weighted by molar-refractivity contribution is 0.0696. The largest absolute Gasteiger partial charge is 0.476 e. The summed E-state index contributed by atoms with van der Waals surface area (Å²) in [4.78, 5) is 42.5. The van der Waals surface area contributed by atoms with Gasteiger partial charge in [0.1, 0.15) is 10.6 Å². The highest BCUT2D eigenvalue weighted by molar-refractivity contribution is 7.16. The van der Waals surface area contributed by atoms with Crippen LogP contribution >= 0.6 is 11.3 Å². The van der Waals surface area contributed by atoms with Crippen LogP contribution in [0.4, 0.5) is 0 Å². The van der Waals surface area contributed by atoms with Crippen molar-refractivity contribution in [2.45, 2.75) is 0 Å². The smallest absolute Gasteiger partial charge is 0.365 e. The Morgan fingerprint density at radius 1 is 1.22 bits per heavy atom. The Labute approximate surface area is 104 Å². The average molecular weight is 260 g/mol. The molecule has 0 unspecified atom stereocenters. The molecule has 3 rings (SSSR count). The monoisotopic (exact) mass is 260 g/mol. The van der Waals surface area contributed by atoms with Crippen LogP contribution in [-0.4, -0.2) is 32.6 Å². The molecule has 88 valence electrons. The molecule has 0 bridgehead atoms. The molecule has 0 saturated carbocycles. The van der Waals surface area contributed by atoms with Crippen LogP contribution in [0.1, 0.15) is 41.1 Å². The van der Waals surface area contributed by atoms with Gasteiger partial charge < -0.3 is 5.11 Å². The molecule has 0 aliphatic heterocycles. The number of carboxylic acids is 1. The summed E-state index contributed by atoms with van der Waals surface area (Å²) in [5.41, 5.74) is 0.309. The summed E-state index contributed by atoms with van der Waals surface area (Å²) >= 11 is 0.717. The van der Waals surface area contributed by atoms with Crippen molar-refractivity contribution < 1.29 is 19.5 Å². The fourth-order valence-electron chi connectivity index (χ4n) is 1.74. The number of carboxylic acid groups (broad SMARTS) is 1. The standard InChI is InChI=1S/C11H4N2O4S/c14-7-5-3-12-2-1-4(5)8(15)9-6(7)13-10(18-9)11(16)17/h1-3H,(H,16,17). The van der Waals surface area contributed by atoms with E-state index >= 15 is 0 Å². The van der Waals surface area contributed by atoms with Crippen LogP contribution in [0.15, 0.2) is 18.5 Å². The van der Waals surface area contributed by atoms with Gasteiger partial charge in [0, 0.05) is 18.0 Å². The Balaban J connectivity index is 2.27. The number of fused-ring (bicyclic) bond motifs is 2. The van der Waals surface area contributed by atoms with Gasteiger partial charge in [-0.3, -0.25) is 14.6 Å². The van der Waals surface area contributed by atoms with E-state index in [0.29, 0.717) is 0 Å². The van der Waals surface area contributed by atoms with Crippen molar-refractivity contribution in [3.63, 3.8) is 0 Å². The minimum absolute atomic E-state index is 0.0797. The molecule has 0 amide bonds. The van der Waals surface area contributed by atoms with Gasteiger partial charge >= 0.3 is 5.97 Å². The molecule has 1 aliphatic carbocycles. The fourth-order valence-corrected chi connectivity index (χ4v) is 2.60. The summed E-state index contributed by atoms with van der Waals surface area (Å²) in [5, 5.41) is 8.57. The maximum Gasteiger partial charge on any atom is 0.365 e. The fraction of sp³-hybridized carbons (Fsp3) is 0.